The summed E-state index contributed by atoms with van der Waals surface area (Å²) < 4.78 is 0. The molecule has 0 bridgehead atoms. The number of amides is 2. The van der Waals surface area contributed by atoms with Gasteiger partial charge in [0.05, 0.1) is 6.04 Å². The van der Waals surface area contributed by atoms with E-state index in [9.17, 15) is 4.79 Å². The Bertz CT molecular complexity index is 945. The first kappa shape index (κ1) is 17.3. The van der Waals surface area contributed by atoms with Crippen LogP contribution in [-0.4, -0.2) is 17.5 Å². The predicted molar refractivity (Wildman–Crippen MR) is 110 cm³/mol. The van der Waals surface area contributed by atoms with Crippen molar-refractivity contribution in [2.24, 2.45) is 0 Å². The van der Waals surface area contributed by atoms with E-state index >= 15 is 0 Å². The van der Waals surface area contributed by atoms with Gasteiger partial charge in [0.15, 0.2) is 0 Å². The lowest BCUT2D eigenvalue weighted by atomic mass is 9.88. The van der Waals surface area contributed by atoms with Gasteiger partial charge in [0.1, 0.15) is 0 Å². The normalized spacial score (nSPS) is 15.9. The van der Waals surface area contributed by atoms with Crippen molar-refractivity contribution >= 4 is 11.7 Å². The van der Waals surface area contributed by atoms with Crippen molar-refractivity contribution in [3.8, 4) is 0 Å². The van der Waals surface area contributed by atoms with Gasteiger partial charge < -0.3 is 10.2 Å². The molecule has 0 radical (unpaired) electrons. The molecule has 0 saturated heterocycles. The lowest BCUT2D eigenvalue weighted by molar-refractivity contribution is 0.194. The molecular weight excluding hydrogens is 332 g/mol. The van der Waals surface area contributed by atoms with Gasteiger partial charge in [-0.3, -0.25) is 0 Å². The number of carbonyl (C=O) groups excluding carboxylic acids is 1. The Hall–Kier alpha value is -3.07. The van der Waals surface area contributed by atoms with Gasteiger partial charge in [-0.2, -0.15) is 0 Å². The molecule has 3 aromatic carbocycles. The van der Waals surface area contributed by atoms with Gasteiger partial charge >= 0.3 is 6.03 Å². The minimum atomic E-state index is -0.0685. The fraction of sp³-hybridized carbons (Fsp3) is 0.208. The van der Waals surface area contributed by atoms with Crippen LogP contribution >= 0.6 is 0 Å². The molecule has 1 heterocycles. The Labute approximate surface area is 160 Å². The molecule has 3 aromatic rings. The Morgan fingerprint density at radius 2 is 1.52 bits per heavy atom. The van der Waals surface area contributed by atoms with E-state index in [0.717, 1.165) is 17.7 Å². The zero-order valence-electron chi connectivity index (χ0n) is 15.8. The second-order valence-electron chi connectivity index (χ2n) is 7.25. The van der Waals surface area contributed by atoms with Crippen molar-refractivity contribution < 1.29 is 4.79 Å². The Morgan fingerprint density at radius 3 is 2.22 bits per heavy atom. The topological polar surface area (TPSA) is 32.3 Å². The van der Waals surface area contributed by atoms with Gasteiger partial charge in [-0.15, -0.1) is 0 Å². The molecule has 27 heavy (non-hydrogen) atoms. The van der Waals surface area contributed by atoms with E-state index in [1.54, 1.807) is 0 Å². The number of hydrogen-bond acceptors (Lipinski definition) is 1. The van der Waals surface area contributed by atoms with Crippen LogP contribution < -0.4 is 5.32 Å². The molecule has 136 valence electrons. The summed E-state index contributed by atoms with van der Waals surface area (Å²) in [6.45, 7) is 4.83. The fourth-order valence-electron chi connectivity index (χ4n) is 3.73. The average molecular weight is 356 g/mol. The van der Waals surface area contributed by atoms with Crippen LogP contribution in [0.1, 0.15) is 33.9 Å². The summed E-state index contributed by atoms with van der Waals surface area (Å²) in [4.78, 5) is 15.1. The van der Waals surface area contributed by atoms with Gasteiger partial charge in [0.2, 0.25) is 0 Å². The highest BCUT2D eigenvalue weighted by Gasteiger charge is 2.31. The number of benzene rings is 3. The van der Waals surface area contributed by atoms with Gasteiger partial charge in [-0.1, -0.05) is 71.8 Å². The minimum absolute atomic E-state index is 0.0565. The number of nitrogens with zero attached hydrogens (tertiary/aromatic N) is 1. The van der Waals surface area contributed by atoms with E-state index in [4.69, 9.17) is 0 Å². The summed E-state index contributed by atoms with van der Waals surface area (Å²) in [5.41, 5.74) is 6.91. The maximum atomic E-state index is 13.1. The molecule has 4 rings (SSSR count). The number of hydrogen-bond donors (Lipinski definition) is 1. The van der Waals surface area contributed by atoms with Gasteiger partial charge in [-0.25, -0.2) is 4.79 Å². The van der Waals surface area contributed by atoms with Gasteiger partial charge in [-0.05, 0) is 49.1 Å². The molecule has 2 amide bonds. The highest BCUT2D eigenvalue weighted by Crippen LogP contribution is 2.35. The number of anilines is 1. The van der Waals surface area contributed by atoms with Crippen molar-refractivity contribution in [2.45, 2.75) is 26.3 Å². The summed E-state index contributed by atoms with van der Waals surface area (Å²) in [5.74, 6) is 0. The molecule has 1 unspecified atom stereocenters. The summed E-state index contributed by atoms with van der Waals surface area (Å²) in [7, 11) is 0. The lowest BCUT2D eigenvalue weighted by Gasteiger charge is -2.37. The van der Waals surface area contributed by atoms with Crippen LogP contribution in [0.4, 0.5) is 10.5 Å². The number of urea groups is 1. The Kier molecular flexibility index (Phi) is 4.68. The maximum Gasteiger partial charge on any atom is 0.322 e. The first-order valence-corrected chi connectivity index (χ1v) is 9.40. The number of carbonyl (C=O) groups is 1. The number of aryl methyl sites for hydroxylation is 2. The maximum absolute atomic E-state index is 13.1. The minimum Gasteiger partial charge on any atom is -0.313 e. The molecule has 3 nitrogen and oxygen atoms in total. The van der Waals surface area contributed by atoms with Crippen LogP contribution in [0.5, 0.6) is 0 Å². The van der Waals surface area contributed by atoms with Crippen molar-refractivity contribution in [1.82, 2.24) is 4.90 Å². The Morgan fingerprint density at radius 1 is 0.889 bits per heavy atom. The first-order chi connectivity index (χ1) is 13.1. The molecule has 0 aromatic heterocycles. The van der Waals surface area contributed by atoms with E-state index in [1.807, 2.05) is 36.1 Å². The molecule has 0 fully saturated rings. The highest BCUT2D eigenvalue weighted by atomic mass is 16.2. The molecule has 1 aliphatic rings. The SMILES string of the molecule is Cc1ccc(NC(=O)N2CCc3ccccc3C2c2ccc(C)cc2)cc1. The lowest BCUT2D eigenvalue weighted by Crippen LogP contribution is -2.43. The van der Waals surface area contributed by atoms with Crippen LogP contribution in [0.15, 0.2) is 72.8 Å². The highest BCUT2D eigenvalue weighted by molar-refractivity contribution is 5.90. The third-order valence-corrected chi connectivity index (χ3v) is 5.24. The number of nitrogens with one attached hydrogen (secondary N) is 1. The second-order valence-corrected chi connectivity index (χ2v) is 7.25. The van der Waals surface area contributed by atoms with Crippen molar-refractivity contribution in [1.29, 1.82) is 0 Å². The summed E-state index contributed by atoms with van der Waals surface area (Å²) in [6.07, 6.45) is 0.875. The molecule has 1 atom stereocenters. The standard InChI is InChI=1S/C24H24N2O/c1-17-7-11-20(12-8-17)23-22-6-4-3-5-19(22)15-16-26(23)24(27)25-21-13-9-18(2)10-14-21/h3-14,23H,15-16H2,1-2H3,(H,25,27). The molecular formula is C24H24N2O. The largest absolute Gasteiger partial charge is 0.322 e. The molecule has 0 aliphatic carbocycles. The third kappa shape index (κ3) is 3.59. The van der Waals surface area contributed by atoms with E-state index in [2.05, 4.69) is 60.8 Å². The zero-order valence-corrected chi connectivity index (χ0v) is 15.8. The van der Waals surface area contributed by atoms with Crippen LogP contribution in [0.2, 0.25) is 0 Å². The molecule has 1 N–H and O–H groups in total. The third-order valence-electron chi connectivity index (χ3n) is 5.24. The number of rotatable bonds is 2. The zero-order chi connectivity index (χ0) is 18.8. The molecule has 3 heteroatoms. The average Bonchev–Trinajstić information content (AvgIpc) is 2.69. The molecule has 0 spiro atoms. The van der Waals surface area contributed by atoms with Crippen LogP contribution in [-0.2, 0) is 6.42 Å². The van der Waals surface area contributed by atoms with Crippen LogP contribution in [0.25, 0.3) is 0 Å². The van der Waals surface area contributed by atoms with Crippen molar-refractivity contribution in [2.75, 3.05) is 11.9 Å². The van der Waals surface area contributed by atoms with Gasteiger partial charge in [0, 0.05) is 12.2 Å². The smallest absolute Gasteiger partial charge is 0.313 e. The Balaban J connectivity index is 1.68. The van der Waals surface area contributed by atoms with Gasteiger partial charge in [0.25, 0.3) is 0 Å². The van der Waals surface area contributed by atoms with E-state index in [1.165, 1.54) is 22.3 Å². The van der Waals surface area contributed by atoms with E-state index < -0.39 is 0 Å². The summed E-state index contributed by atoms with van der Waals surface area (Å²) in [6, 6.07) is 24.7. The predicted octanol–water partition coefficient (Wildman–Crippen LogP) is 5.48. The van der Waals surface area contributed by atoms with Crippen LogP contribution in [0.3, 0.4) is 0 Å². The van der Waals surface area contributed by atoms with Crippen molar-refractivity contribution in [3.05, 3.63) is 101 Å². The molecule has 1 aliphatic heterocycles. The summed E-state index contributed by atoms with van der Waals surface area (Å²) >= 11 is 0. The van der Waals surface area contributed by atoms with Crippen molar-refractivity contribution in [3.63, 3.8) is 0 Å². The monoisotopic (exact) mass is 356 g/mol. The number of fused-ring (bicyclic) bond motifs is 1. The van der Waals surface area contributed by atoms with Crippen LogP contribution in [0, 0.1) is 13.8 Å². The first-order valence-electron chi connectivity index (χ1n) is 9.40. The van der Waals surface area contributed by atoms with E-state index in [0.29, 0.717) is 6.54 Å². The quantitative estimate of drug-likeness (QED) is 0.647. The fourth-order valence-corrected chi connectivity index (χ4v) is 3.73. The molecule has 0 saturated carbocycles. The summed E-state index contributed by atoms with van der Waals surface area (Å²) in [5, 5.41) is 3.07. The second kappa shape index (κ2) is 7.28. The van der Waals surface area contributed by atoms with E-state index in [-0.39, 0.29) is 12.1 Å².